The smallest absolute Gasteiger partial charge is 0.0378 e. The van der Waals surface area contributed by atoms with Gasteiger partial charge in [-0.2, -0.15) is 5.10 Å². The van der Waals surface area contributed by atoms with Crippen LogP contribution in [0.15, 0.2) is 5.10 Å². The maximum absolute atomic E-state index is 4.31. The predicted molar refractivity (Wildman–Crippen MR) is 73.9 cm³/mol. The highest BCUT2D eigenvalue weighted by Crippen LogP contribution is 2.33. The summed E-state index contributed by atoms with van der Waals surface area (Å²) in [5.74, 6) is 0.643. The fraction of sp³-hybridized carbons (Fsp3) is 0.929. The zero-order chi connectivity index (χ0) is 12.6. The van der Waals surface area contributed by atoms with Crippen molar-refractivity contribution in [3.8, 4) is 0 Å². The lowest BCUT2D eigenvalue weighted by Crippen LogP contribution is -2.19. The van der Waals surface area contributed by atoms with Gasteiger partial charge in [-0.3, -0.25) is 0 Å². The van der Waals surface area contributed by atoms with Gasteiger partial charge in [0, 0.05) is 12.8 Å². The molecular weight excluding hydrogens is 196 g/mol. The van der Waals surface area contributed by atoms with Gasteiger partial charge in [-0.05, 0) is 37.5 Å². The molecule has 0 saturated carbocycles. The van der Waals surface area contributed by atoms with Crippen molar-refractivity contribution in [1.29, 1.82) is 0 Å². The van der Waals surface area contributed by atoms with Crippen molar-refractivity contribution < 1.29 is 0 Å². The molecule has 1 atom stereocenters. The quantitative estimate of drug-likeness (QED) is 0.486. The van der Waals surface area contributed by atoms with Crippen LogP contribution in [0.1, 0.15) is 66.7 Å². The van der Waals surface area contributed by atoms with Crippen LogP contribution in [0, 0.1) is 11.3 Å². The number of rotatable bonds is 8. The van der Waals surface area contributed by atoms with E-state index in [-0.39, 0.29) is 0 Å². The Kier molecular flexibility index (Phi) is 7.44. The van der Waals surface area contributed by atoms with Crippen LogP contribution in [0.4, 0.5) is 0 Å². The molecule has 2 nitrogen and oxygen atoms in total. The Hall–Kier alpha value is -0.530. The summed E-state index contributed by atoms with van der Waals surface area (Å²) in [6.45, 7) is 11.4. The van der Waals surface area contributed by atoms with E-state index in [1.807, 2.05) is 7.05 Å². The van der Waals surface area contributed by atoms with E-state index >= 15 is 0 Å². The molecule has 0 aromatic rings. The van der Waals surface area contributed by atoms with Gasteiger partial charge in [0.15, 0.2) is 0 Å². The third kappa shape index (κ3) is 5.00. The third-order valence-corrected chi connectivity index (χ3v) is 4.18. The summed E-state index contributed by atoms with van der Waals surface area (Å²) < 4.78 is 0. The van der Waals surface area contributed by atoms with Crippen LogP contribution in [0.3, 0.4) is 0 Å². The van der Waals surface area contributed by atoms with E-state index in [1.54, 1.807) is 0 Å². The monoisotopic (exact) mass is 226 g/mol. The Morgan fingerprint density at radius 2 is 1.81 bits per heavy atom. The summed E-state index contributed by atoms with van der Waals surface area (Å²) in [4.78, 5) is 0. The van der Waals surface area contributed by atoms with Crippen LogP contribution in [0.5, 0.6) is 0 Å². The van der Waals surface area contributed by atoms with Crippen molar-refractivity contribution in [2.45, 2.75) is 66.7 Å². The topological polar surface area (TPSA) is 24.4 Å². The van der Waals surface area contributed by atoms with Gasteiger partial charge >= 0.3 is 0 Å². The van der Waals surface area contributed by atoms with Gasteiger partial charge in [0.05, 0.1) is 0 Å². The first-order valence-electron chi connectivity index (χ1n) is 6.73. The van der Waals surface area contributed by atoms with Gasteiger partial charge in [-0.15, -0.1) is 0 Å². The highest BCUT2D eigenvalue weighted by molar-refractivity contribution is 5.84. The highest BCUT2D eigenvalue weighted by Gasteiger charge is 2.21. The van der Waals surface area contributed by atoms with Crippen LogP contribution in [0.25, 0.3) is 0 Å². The molecule has 96 valence electrons. The van der Waals surface area contributed by atoms with Crippen molar-refractivity contribution in [3.05, 3.63) is 0 Å². The lowest BCUT2D eigenvalue weighted by atomic mass is 9.77. The minimum Gasteiger partial charge on any atom is -0.313 e. The molecule has 2 heteroatoms. The molecule has 0 bridgehead atoms. The predicted octanol–water partition coefficient (Wildman–Crippen LogP) is 4.21. The summed E-state index contributed by atoms with van der Waals surface area (Å²) in [5, 5.41) is 4.31. The molecule has 0 rings (SSSR count). The summed E-state index contributed by atoms with van der Waals surface area (Å²) in [6.07, 6.45) is 6.34. The van der Waals surface area contributed by atoms with Crippen LogP contribution < -0.4 is 5.43 Å². The maximum atomic E-state index is 4.31. The summed E-state index contributed by atoms with van der Waals surface area (Å²) in [5.41, 5.74) is 4.67. The molecule has 0 spiro atoms. The number of hydrazone groups is 1. The second-order valence-electron chi connectivity index (χ2n) is 5.14. The van der Waals surface area contributed by atoms with Gasteiger partial charge < -0.3 is 5.43 Å². The van der Waals surface area contributed by atoms with Crippen molar-refractivity contribution in [3.63, 3.8) is 0 Å². The standard InChI is InChI=1S/C14H30N2/c1-7-13(12(4)16-15-6)10-11-14(5,8-2)9-3/h13,15H,7-11H2,1-6H3/b16-12+. The first-order valence-corrected chi connectivity index (χ1v) is 6.73. The zero-order valence-corrected chi connectivity index (χ0v) is 12.1. The van der Waals surface area contributed by atoms with Crippen LogP contribution in [-0.4, -0.2) is 12.8 Å². The van der Waals surface area contributed by atoms with Crippen molar-refractivity contribution in [2.24, 2.45) is 16.4 Å². The molecule has 0 aromatic carbocycles. The molecule has 16 heavy (non-hydrogen) atoms. The fourth-order valence-electron chi connectivity index (χ4n) is 2.10. The average molecular weight is 226 g/mol. The summed E-state index contributed by atoms with van der Waals surface area (Å²) >= 11 is 0. The Morgan fingerprint density at radius 1 is 1.25 bits per heavy atom. The molecule has 0 heterocycles. The number of hydrogen-bond acceptors (Lipinski definition) is 2. The van der Waals surface area contributed by atoms with E-state index in [0.29, 0.717) is 11.3 Å². The SMILES string of the molecule is CCC(CCC(C)(CC)CC)/C(C)=N/NC. The first-order chi connectivity index (χ1) is 7.52. The average Bonchev–Trinajstić information content (AvgIpc) is 2.30. The molecule has 1 N–H and O–H groups in total. The van der Waals surface area contributed by atoms with Crippen LogP contribution >= 0.6 is 0 Å². The van der Waals surface area contributed by atoms with Crippen molar-refractivity contribution in [1.82, 2.24) is 5.43 Å². The molecule has 0 aliphatic heterocycles. The molecule has 0 saturated heterocycles. The molecule has 0 aliphatic rings. The van der Waals surface area contributed by atoms with Crippen molar-refractivity contribution >= 4 is 5.71 Å². The molecule has 0 aromatic heterocycles. The van der Waals surface area contributed by atoms with E-state index in [9.17, 15) is 0 Å². The zero-order valence-electron chi connectivity index (χ0n) is 12.1. The van der Waals surface area contributed by atoms with E-state index in [0.717, 1.165) is 0 Å². The van der Waals surface area contributed by atoms with Gasteiger partial charge in [0.1, 0.15) is 0 Å². The third-order valence-electron chi connectivity index (χ3n) is 4.18. The molecule has 1 unspecified atom stereocenters. The van der Waals surface area contributed by atoms with Gasteiger partial charge in [-0.1, -0.05) is 40.5 Å². The second kappa shape index (κ2) is 7.70. The Bertz CT molecular complexity index is 205. The van der Waals surface area contributed by atoms with Crippen molar-refractivity contribution in [2.75, 3.05) is 7.05 Å². The summed E-state index contributed by atoms with van der Waals surface area (Å²) in [6, 6.07) is 0. The molecule has 0 aliphatic carbocycles. The Balaban J connectivity index is 4.29. The number of nitrogens with zero attached hydrogens (tertiary/aromatic N) is 1. The van der Waals surface area contributed by atoms with Gasteiger partial charge in [0.2, 0.25) is 0 Å². The first kappa shape index (κ1) is 15.5. The van der Waals surface area contributed by atoms with E-state index in [2.05, 4.69) is 45.1 Å². The summed E-state index contributed by atoms with van der Waals surface area (Å²) in [7, 11) is 1.87. The maximum Gasteiger partial charge on any atom is 0.0378 e. The van der Waals surface area contributed by atoms with Crippen LogP contribution in [-0.2, 0) is 0 Å². The number of hydrogen-bond donors (Lipinski definition) is 1. The molecular formula is C14H30N2. The van der Waals surface area contributed by atoms with E-state index < -0.39 is 0 Å². The molecule has 0 radical (unpaired) electrons. The largest absolute Gasteiger partial charge is 0.313 e. The lowest BCUT2D eigenvalue weighted by Gasteiger charge is -2.28. The minimum atomic E-state index is 0.521. The Morgan fingerprint density at radius 3 is 2.19 bits per heavy atom. The molecule has 0 fully saturated rings. The second-order valence-corrected chi connectivity index (χ2v) is 5.14. The molecule has 0 amide bonds. The number of nitrogens with one attached hydrogen (secondary N) is 1. The fourth-order valence-corrected chi connectivity index (χ4v) is 2.10. The van der Waals surface area contributed by atoms with E-state index in [4.69, 9.17) is 0 Å². The van der Waals surface area contributed by atoms with Gasteiger partial charge in [-0.25, -0.2) is 0 Å². The Labute approximate surface area is 102 Å². The van der Waals surface area contributed by atoms with Crippen LogP contribution in [0.2, 0.25) is 0 Å². The van der Waals surface area contributed by atoms with Gasteiger partial charge in [0.25, 0.3) is 0 Å². The lowest BCUT2D eigenvalue weighted by molar-refractivity contribution is 0.254. The minimum absolute atomic E-state index is 0.521. The normalized spacial score (nSPS) is 15.0. The highest BCUT2D eigenvalue weighted by atomic mass is 15.3. The van der Waals surface area contributed by atoms with E-state index in [1.165, 1.54) is 37.8 Å².